The zero-order valence-electron chi connectivity index (χ0n) is 12.1. The lowest BCUT2D eigenvalue weighted by Crippen LogP contribution is -2.43. The molecule has 0 unspecified atom stereocenters. The molecule has 104 valence electrons. The standard InChI is InChI=1S/C12H29NO3Si/c1-6-9-13(10-7-2)11-8-12-17(14-3,15-4)16-5/h6-12H2,1-5H3. The van der Waals surface area contributed by atoms with Crippen LogP contribution in [0, 0.1) is 0 Å². The molecule has 0 amide bonds. The van der Waals surface area contributed by atoms with Gasteiger partial charge in [-0.2, -0.15) is 0 Å². The fraction of sp³-hybridized carbons (Fsp3) is 1.00. The predicted octanol–water partition coefficient (Wildman–Crippen LogP) is 2.38. The van der Waals surface area contributed by atoms with Crippen LogP contribution in [0.15, 0.2) is 0 Å². The summed E-state index contributed by atoms with van der Waals surface area (Å²) in [5.41, 5.74) is 0. The minimum Gasteiger partial charge on any atom is -0.377 e. The Morgan fingerprint density at radius 2 is 1.29 bits per heavy atom. The zero-order valence-corrected chi connectivity index (χ0v) is 13.1. The molecule has 17 heavy (non-hydrogen) atoms. The summed E-state index contributed by atoms with van der Waals surface area (Å²) < 4.78 is 16.2. The summed E-state index contributed by atoms with van der Waals surface area (Å²) >= 11 is 0. The van der Waals surface area contributed by atoms with Gasteiger partial charge in [-0.25, -0.2) is 0 Å². The van der Waals surface area contributed by atoms with Crippen LogP contribution < -0.4 is 0 Å². The molecule has 5 heteroatoms. The van der Waals surface area contributed by atoms with E-state index in [0.29, 0.717) is 0 Å². The van der Waals surface area contributed by atoms with Gasteiger partial charge in [0.15, 0.2) is 0 Å². The highest BCUT2D eigenvalue weighted by atomic mass is 28.4. The Bertz CT molecular complexity index is 163. The summed E-state index contributed by atoms with van der Waals surface area (Å²) in [6.45, 7) is 7.90. The normalized spacial score (nSPS) is 12.4. The van der Waals surface area contributed by atoms with Gasteiger partial charge in [-0.05, 0) is 38.9 Å². The van der Waals surface area contributed by atoms with Crippen molar-refractivity contribution < 1.29 is 13.3 Å². The molecule has 0 rings (SSSR count). The fourth-order valence-corrected chi connectivity index (χ4v) is 3.75. The number of hydrogen-bond acceptors (Lipinski definition) is 4. The zero-order chi connectivity index (χ0) is 13.1. The first-order valence-electron chi connectivity index (χ1n) is 6.55. The molecule has 0 bridgehead atoms. The van der Waals surface area contributed by atoms with Gasteiger partial charge in [-0.15, -0.1) is 0 Å². The van der Waals surface area contributed by atoms with Crippen molar-refractivity contribution in [2.45, 2.75) is 39.2 Å². The van der Waals surface area contributed by atoms with E-state index in [4.69, 9.17) is 13.3 Å². The van der Waals surface area contributed by atoms with Crippen LogP contribution in [0.2, 0.25) is 6.04 Å². The van der Waals surface area contributed by atoms with Crippen LogP contribution in [-0.4, -0.2) is 54.7 Å². The first kappa shape index (κ1) is 17.1. The van der Waals surface area contributed by atoms with E-state index >= 15 is 0 Å². The van der Waals surface area contributed by atoms with Gasteiger partial charge in [-0.1, -0.05) is 13.8 Å². The quantitative estimate of drug-likeness (QED) is 0.536. The molecule has 0 atom stereocenters. The average molecular weight is 263 g/mol. The molecule has 0 aliphatic heterocycles. The lowest BCUT2D eigenvalue weighted by Gasteiger charge is -2.26. The van der Waals surface area contributed by atoms with E-state index in [1.165, 1.54) is 25.9 Å². The molecule has 0 aliphatic carbocycles. The Kier molecular flexibility index (Phi) is 10.1. The molecule has 0 aromatic heterocycles. The third-order valence-corrected chi connectivity index (χ3v) is 5.80. The van der Waals surface area contributed by atoms with Crippen molar-refractivity contribution in [3.05, 3.63) is 0 Å². The van der Waals surface area contributed by atoms with Crippen LogP contribution in [0.1, 0.15) is 33.1 Å². The minimum absolute atomic E-state index is 0.889. The first-order valence-corrected chi connectivity index (χ1v) is 8.49. The first-order chi connectivity index (χ1) is 8.17. The van der Waals surface area contributed by atoms with Gasteiger partial charge < -0.3 is 18.2 Å². The van der Waals surface area contributed by atoms with Crippen LogP contribution in [0.25, 0.3) is 0 Å². The van der Waals surface area contributed by atoms with Crippen LogP contribution in [-0.2, 0) is 13.3 Å². The molecule has 0 saturated carbocycles. The van der Waals surface area contributed by atoms with Gasteiger partial charge in [0.1, 0.15) is 0 Å². The SMILES string of the molecule is CCCN(CCC)CCC[Si](OC)(OC)OC. The van der Waals surface area contributed by atoms with E-state index in [2.05, 4.69) is 18.7 Å². The lowest BCUT2D eigenvalue weighted by molar-refractivity contribution is 0.121. The Morgan fingerprint density at radius 1 is 0.824 bits per heavy atom. The van der Waals surface area contributed by atoms with Gasteiger partial charge in [0, 0.05) is 27.4 Å². The molecule has 0 fully saturated rings. The highest BCUT2D eigenvalue weighted by molar-refractivity contribution is 6.60. The minimum atomic E-state index is -2.36. The maximum Gasteiger partial charge on any atom is 0.500 e. The van der Waals surface area contributed by atoms with Crippen LogP contribution >= 0.6 is 0 Å². The molecule has 0 heterocycles. The Labute approximate surface area is 108 Å². The largest absolute Gasteiger partial charge is 0.500 e. The van der Waals surface area contributed by atoms with Crippen LogP contribution in [0.5, 0.6) is 0 Å². The maximum absolute atomic E-state index is 5.41. The van der Waals surface area contributed by atoms with Crippen molar-refractivity contribution >= 4 is 8.80 Å². The monoisotopic (exact) mass is 263 g/mol. The molecule has 0 radical (unpaired) electrons. The van der Waals surface area contributed by atoms with E-state index in [9.17, 15) is 0 Å². The Hall–Kier alpha value is 0.0569. The highest BCUT2D eigenvalue weighted by Gasteiger charge is 2.36. The van der Waals surface area contributed by atoms with Crippen LogP contribution in [0.4, 0.5) is 0 Å². The second-order valence-electron chi connectivity index (χ2n) is 4.24. The van der Waals surface area contributed by atoms with E-state index in [-0.39, 0.29) is 0 Å². The van der Waals surface area contributed by atoms with E-state index in [0.717, 1.165) is 19.0 Å². The molecule has 4 nitrogen and oxygen atoms in total. The summed E-state index contributed by atoms with van der Waals surface area (Å²) in [7, 11) is 2.67. The van der Waals surface area contributed by atoms with Crippen LogP contribution in [0.3, 0.4) is 0 Å². The summed E-state index contributed by atoms with van der Waals surface area (Å²) in [6.07, 6.45) is 3.49. The smallest absolute Gasteiger partial charge is 0.377 e. The van der Waals surface area contributed by atoms with Gasteiger partial charge >= 0.3 is 8.80 Å². The van der Waals surface area contributed by atoms with Crippen molar-refractivity contribution in [2.75, 3.05) is 41.0 Å². The second-order valence-corrected chi connectivity index (χ2v) is 7.33. The molecule has 0 spiro atoms. The Balaban J connectivity index is 3.99. The molecule has 0 N–H and O–H groups in total. The van der Waals surface area contributed by atoms with Gasteiger partial charge in [0.05, 0.1) is 0 Å². The van der Waals surface area contributed by atoms with Crippen molar-refractivity contribution in [1.29, 1.82) is 0 Å². The molecular formula is C12H29NO3Si. The average Bonchev–Trinajstić information content (AvgIpc) is 2.36. The van der Waals surface area contributed by atoms with Crippen molar-refractivity contribution in [2.24, 2.45) is 0 Å². The molecule has 0 aliphatic rings. The van der Waals surface area contributed by atoms with E-state index < -0.39 is 8.80 Å². The second kappa shape index (κ2) is 10.0. The van der Waals surface area contributed by atoms with Crippen molar-refractivity contribution in [1.82, 2.24) is 4.90 Å². The van der Waals surface area contributed by atoms with Crippen molar-refractivity contribution in [3.63, 3.8) is 0 Å². The molecular weight excluding hydrogens is 234 g/mol. The fourth-order valence-electron chi connectivity index (χ4n) is 2.04. The summed E-state index contributed by atoms with van der Waals surface area (Å²) in [5, 5.41) is 0. The lowest BCUT2D eigenvalue weighted by atomic mass is 10.3. The third kappa shape index (κ3) is 6.52. The molecule has 0 saturated heterocycles. The topological polar surface area (TPSA) is 30.9 Å². The summed E-state index contributed by atoms with van der Waals surface area (Å²) in [6, 6.07) is 0.889. The summed E-state index contributed by atoms with van der Waals surface area (Å²) in [4.78, 5) is 2.50. The van der Waals surface area contributed by atoms with Gasteiger partial charge in [0.2, 0.25) is 0 Å². The number of hydrogen-bond donors (Lipinski definition) is 0. The van der Waals surface area contributed by atoms with Gasteiger partial charge in [-0.3, -0.25) is 0 Å². The number of nitrogens with zero attached hydrogens (tertiary/aromatic N) is 1. The van der Waals surface area contributed by atoms with E-state index in [1.807, 2.05) is 0 Å². The highest BCUT2D eigenvalue weighted by Crippen LogP contribution is 2.15. The van der Waals surface area contributed by atoms with Gasteiger partial charge in [0.25, 0.3) is 0 Å². The molecule has 0 aromatic carbocycles. The van der Waals surface area contributed by atoms with Crippen molar-refractivity contribution in [3.8, 4) is 0 Å². The number of rotatable bonds is 11. The maximum atomic E-state index is 5.41. The predicted molar refractivity (Wildman–Crippen MR) is 73.2 cm³/mol. The third-order valence-electron chi connectivity index (χ3n) is 2.97. The van der Waals surface area contributed by atoms with E-state index in [1.54, 1.807) is 21.3 Å². The molecule has 0 aromatic rings. The summed E-state index contributed by atoms with van der Waals surface area (Å²) in [5.74, 6) is 0. The Morgan fingerprint density at radius 3 is 1.65 bits per heavy atom.